The number of anilines is 1. The normalized spacial score (nSPS) is 27.2. The minimum absolute atomic E-state index is 0.0145. The quantitative estimate of drug-likeness (QED) is 0.885. The van der Waals surface area contributed by atoms with Crippen molar-refractivity contribution < 1.29 is 13.2 Å². The Hall–Kier alpha value is -1.16. The van der Waals surface area contributed by atoms with Crippen molar-refractivity contribution in [3.8, 4) is 0 Å². The van der Waals surface area contributed by atoms with Crippen molar-refractivity contribution in [3.05, 3.63) is 11.6 Å². The average molecular weight is 328 g/mol. The third kappa shape index (κ3) is 1.91. The summed E-state index contributed by atoms with van der Waals surface area (Å²) in [6.45, 7) is 0.812. The molecule has 0 bridgehead atoms. The van der Waals surface area contributed by atoms with E-state index < -0.39 is 10.0 Å². The molecule has 0 aromatic carbocycles. The third-order valence-corrected chi connectivity index (χ3v) is 6.95. The van der Waals surface area contributed by atoms with Crippen LogP contribution in [0.15, 0.2) is 16.6 Å². The van der Waals surface area contributed by atoms with Crippen LogP contribution in [0.3, 0.4) is 0 Å². The smallest absolute Gasteiger partial charge is 0.263 e. The number of hydrogen-bond donors (Lipinski definition) is 1. The molecular weight excluding hydrogens is 312 g/mol. The van der Waals surface area contributed by atoms with Gasteiger partial charge in [0.2, 0.25) is 0 Å². The molecule has 4 rings (SSSR count). The Morgan fingerprint density at radius 1 is 1.43 bits per heavy atom. The molecule has 21 heavy (non-hydrogen) atoms. The van der Waals surface area contributed by atoms with E-state index in [0.29, 0.717) is 18.1 Å². The van der Waals surface area contributed by atoms with E-state index in [2.05, 4.69) is 4.98 Å². The zero-order valence-corrected chi connectivity index (χ0v) is 12.9. The van der Waals surface area contributed by atoms with E-state index in [1.54, 1.807) is 20.3 Å². The summed E-state index contributed by atoms with van der Waals surface area (Å²) < 4.78 is 34.9. The van der Waals surface area contributed by atoms with E-state index in [1.165, 1.54) is 11.3 Å². The molecule has 2 atom stereocenters. The fraction of sp³-hybridized carbons (Fsp3) is 0.583. The topological polar surface area (TPSA) is 89.9 Å². The van der Waals surface area contributed by atoms with Gasteiger partial charge in [-0.25, -0.2) is 13.4 Å². The molecule has 0 amide bonds. The van der Waals surface area contributed by atoms with E-state index in [1.807, 2.05) is 0 Å². The van der Waals surface area contributed by atoms with E-state index >= 15 is 0 Å². The molecule has 2 aliphatic rings. The van der Waals surface area contributed by atoms with Gasteiger partial charge in [0.15, 0.2) is 15.8 Å². The van der Waals surface area contributed by atoms with Crippen molar-refractivity contribution in [3.63, 3.8) is 0 Å². The van der Waals surface area contributed by atoms with Crippen LogP contribution in [-0.2, 0) is 14.8 Å². The summed E-state index contributed by atoms with van der Waals surface area (Å²) in [4.78, 5) is 4.74. The molecule has 1 aliphatic carbocycles. The van der Waals surface area contributed by atoms with E-state index in [9.17, 15) is 8.42 Å². The van der Waals surface area contributed by atoms with Gasteiger partial charge in [-0.05, 0) is 19.3 Å². The first kappa shape index (κ1) is 13.5. The summed E-state index contributed by atoms with van der Waals surface area (Å²) in [6, 6.07) is -0.0765. The summed E-state index contributed by atoms with van der Waals surface area (Å²) in [6.07, 6.45) is 4.47. The molecule has 1 aliphatic heterocycles. The van der Waals surface area contributed by atoms with Gasteiger partial charge in [-0.3, -0.25) is 4.40 Å². The van der Waals surface area contributed by atoms with Crippen molar-refractivity contribution in [2.45, 2.75) is 36.4 Å². The van der Waals surface area contributed by atoms with Gasteiger partial charge in [0.05, 0.1) is 18.8 Å². The zero-order valence-electron chi connectivity index (χ0n) is 11.3. The minimum atomic E-state index is -3.66. The fourth-order valence-corrected chi connectivity index (χ4v) is 5.96. The number of imidazole rings is 1. The predicted octanol–water partition coefficient (Wildman–Crippen LogP) is 0.920. The Morgan fingerprint density at radius 3 is 3.14 bits per heavy atom. The van der Waals surface area contributed by atoms with Gasteiger partial charge < -0.3 is 10.5 Å². The molecule has 3 heterocycles. The second kappa shape index (κ2) is 4.67. The lowest BCUT2D eigenvalue weighted by molar-refractivity contribution is -0.0242. The highest BCUT2D eigenvalue weighted by Crippen LogP contribution is 2.35. The maximum absolute atomic E-state index is 13.1. The molecular formula is C12H16N4O3S2. The van der Waals surface area contributed by atoms with Crippen LogP contribution < -0.4 is 5.73 Å². The van der Waals surface area contributed by atoms with Crippen molar-refractivity contribution in [1.82, 2.24) is 13.7 Å². The van der Waals surface area contributed by atoms with Gasteiger partial charge in [0.25, 0.3) is 10.0 Å². The Bertz CT molecular complexity index is 782. The SMILES string of the molecule is Nc1nc2sccn2c1S(=O)(=O)N1CCOC2CCCC21. The van der Waals surface area contributed by atoms with Crippen molar-refractivity contribution in [2.24, 2.45) is 0 Å². The van der Waals surface area contributed by atoms with E-state index in [0.717, 1.165) is 19.3 Å². The first-order valence-corrected chi connectivity index (χ1v) is 9.25. The molecule has 2 aromatic heterocycles. The molecule has 2 fully saturated rings. The number of sulfonamides is 1. The lowest BCUT2D eigenvalue weighted by atomic mass is 10.2. The number of nitrogen functional groups attached to an aromatic ring is 1. The fourth-order valence-electron chi connectivity index (χ4n) is 3.34. The standard InChI is InChI=1S/C12H16N4O3S2/c13-10-11(15-5-7-20-12(15)14-10)21(17,18)16-4-6-19-9-3-1-2-8(9)16/h5,7-9H,1-4,6,13H2. The van der Waals surface area contributed by atoms with Gasteiger partial charge >= 0.3 is 0 Å². The van der Waals surface area contributed by atoms with Crippen LogP contribution in [-0.4, -0.2) is 47.4 Å². The third-order valence-electron chi connectivity index (χ3n) is 4.23. The summed E-state index contributed by atoms with van der Waals surface area (Å²) in [7, 11) is -3.66. The monoisotopic (exact) mass is 328 g/mol. The average Bonchev–Trinajstić information content (AvgIpc) is 3.11. The number of nitrogens with zero attached hydrogens (tertiary/aromatic N) is 3. The second-order valence-corrected chi connectivity index (χ2v) is 8.06. The Kier molecular flexibility index (Phi) is 3.00. The van der Waals surface area contributed by atoms with Crippen molar-refractivity contribution in [2.75, 3.05) is 18.9 Å². The van der Waals surface area contributed by atoms with Crippen LogP contribution in [0.5, 0.6) is 0 Å². The summed E-state index contributed by atoms with van der Waals surface area (Å²) in [5.41, 5.74) is 5.87. The largest absolute Gasteiger partial charge is 0.381 e. The summed E-state index contributed by atoms with van der Waals surface area (Å²) >= 11 is 1.37. The number of nitrogens with two attached hydrogens (primary N) is 1. The van der Waals surface area contributed by atoms with Gasteiger partial charge in [-0.15, -0.1) is 11.3 Å². The first-order chi connectivity index (χ1) is 10.1. The van der Waals surface area contributed by atoms with Crippen LogP contribution in [0, 0.1) is 0 Å². The molecule has 9 heteroatoms. The van der Waals surface area contributed by atoms with Crippen molar-refractivity contribution in [1.29, 1.82) is 0 Å². The lowest BCUT2D eigenvalue weighted by Crippen LogP contribution is -2.51. The first-order valence-electron chi connectivity index (χ1n) is 6.93. The zero-order chi connectivity index (χ0) is 14.6. The minimum Gasteiger partial charge on any atom is -0.381 e. The van der Waals surface area contributed by atoms with Gasteiger partial charge in [0.1, 0.15) is 0 Å². The summed E-state index contributed by atoms with van der Waals surface area (Å²) in [5, 5.41) is 1.89. The molecule has 2 N–H and O–H groups in total. The summed E-state index contributed by atoms with van der Waals surface area (Å²) in [5.74, 6) is 0.0721. The highest BCUT2D eigenvalue weighted by Gasteiger charge is 2.44. The van der Waals surface area contributed by atoms with Crippen LogP contribution >= 0.6 is 11.3 Å². The predicted molar refractivity (Wildman–Crippen MR) is 78.8 cm³/mol. The molecule has 114 valence electrons. The number of morpholine rings is 1. The molecule has 1 saturated carbocycles. The van der Waals surface area contributed by atoms with E-state index in [-0.39, 0.29) is 23.0 Å². The molecule has 7 nitrogen and oxygen atoms in total. The number of thiazole rings is 1. The Morgan fingerprint density at radius 2 is 2.29 bits per heavy atom. The lowest BCUT2D eigenvalue weighted by Gasteiger charge is -2.36. The molecule has 2 unspecified atom stereocenters. The highest BCUT2D eigenvalue weighted by atomic mass is 32.2. The molecule has 0 spiro atoms. The second-order valence-electron chi connectivity index (χ2n) is 5.38. The van der Waals surface area contributed by atoms with Crippen LogP contribution in [0.25, 0.3) is 4.96 Å². The highest BCUT2D eigenvalue weighted by molar-refractivity contribution is 7.89. The maximum Gasteiger partial charge on any atom is 0.263 e. The van der Waals surface area contributed by atoms with Crippen LogP contribution in [0.4, 0.5) is 5.82 Å². The van der Waals surface area contributed by atoms with Crippen LogP contribution in [0.1, 0.15) is 19.3 Å². The Balaban J connectivity index is 1.82. The number of fused-ring (bicyclic) bond motifs is 2. The van der Waals surface area contributed by atoms with Gasteiger partial charge in [-0.1, -0.05) is 0 Å². The number of hydrogen-bond acceptors (Lipinski definition) is 6. The molecule has 1 saturated heterocycles. The number of ether oxygens (including phenoxy) is 1. The van der Waals surface area contributed by atoms with Gasteiger partial charge in [0, 0.05) is 18.1 Å². The maximum atomic E-state index is 13.1. The van der Waals surface area contributed by atoms with Crippen molar-refractivity contribution >= 4 is 32.1 Å². The molecule has 2 aromatic rings. The molecule has 0 radical (unpaired) electrons. The number of rotatable bonds is 2. The van der Waals surface area contributed by atoms with Crippen LogP contribution in [0.2, 0.25) is 0 Å². The Labute approximate surface area is 126 Å². The van der Waals surface area contributed by atoms with Gasteiger partial charge in [-0.2, -0.15) is 4.31 Å². The number of aromatic nitrogens is 2. The van der Waals surface area contributed by atoms with E-state index in [4.69, 9.17) is 10.5 Å².